The first-order valence-corrected chi connectivity index (χ1v) is 10.7. The summed E-state index contributed by atoms with van der Waals surface area (Å²) in [5.41, 5.74) is -2.62. The van der Waals surface area contributed by atoms with Gasteiger partial charge in [-0.05, 0) is 55.7 Å². The Morgan fingerprint density at radius 2 is 1.64 bits per heavy atom. The Balaban J connectivity index is 1.60. The van der Waals surface area contributed by atoms with Crippen LogP contribution in [0.3, 0.4) is 0 Å². The summed E-state index contributed by atoms with van der Waals surface area (Å²) in [6.07, 6.45) is 2.15. The summed E-state index contributed by atoms with van der Waals surface area (Å²) in [6, 6.07) is 12.6. The van der Waals surface area contributed by atoms with Crippen molar-refractivity contribution in [2.75, 3.05) is 5.32 Å². The topological polar surface area (TPSA) is 127 Å². The van der Waals surface area contributed by atoms with Gasteiger partial charge in [-0.3, -0.25) is 19.2 Å². The maximum absolute atomic E-state index is 13.7. The van der Waals surface area contributed by atoms with Crippen LogP contribution in [-0.4, -0.2) is 34.0 Å². The molecule has 1 saturated carbocycles. The summed E-state index contributed by atoms with van der Waals surface area (Å²) in [5.74, 6) is -3.42. The van der Waals surface area contributed by atoms with Crippen LogP contribution in [0.15, 0.2) is 69.9 Å². The molecular weight excluding hydrogens is 426 g/mol. The third-order valence-electron chi connectivity index (χ3n) is 6.80. The van der Waals surface area contributed by atoms with E-state index in [0.717, 1.165) is 0 Å². The molecule has 1 aliphatic carbocycles. The minimum atomic E-state index is -2.12. The number of amides is 1. The predicted octanol–water partition coefficient (Wildman–Crippen LogP) is 3.68. The third-order valence-corrected chi connectivity index (χ3v) is 6.80. The molecule has 33 heavy (non-hydrogen) atoms. The fourth-order valence-electron chi connectivity index (χ4n) is 5.08. The Morgan fingerprint density at radius 1 is 0.939 bits per heavy atom. The van der Waals surface area contributed by atoms with E-state index in [1.807, 2.05) is 0 Å². The quantitative estimate of drug-likeness (QED) is 0.584. The molecule has 1 aliphatic heterocycles. The average Bonchev–Trinajstić information content (AvgIpc) is 3.52. The highest BCUT2D eigenvalue weighted by Crippen LogP contribution is 2.52. The lowest BCUT2D eigenvalue weighted by molar-refractivity contribution is -0.119. The van der Waals surface area contributed by atoms with Gasteiger partial charge in [-0.2, -0.15) is 0 Å². The Hall–Kier alpha value is -3.78. The average molecular weight is 447 g/mol. The van der Waals surface area contributed by atoms with Crippen LogP contribution < -0.4 is 5.32 Å². The molecule has 8 heteroatoms. The van der Waals surface area contributed by atoms with E-state index >= 15 is 0 Å². The molecule has 2 N–H and O–H groups in total. The third kappa shape index (κ3) is 3.34. The van der Waals surface area contributed by atoms with Gasteiger partial charge in [0.1, 0.15) is 5.60 Å². The Bertz CT molecular complexity index is 1240. The van der Waals surface area contributed by atoms with E-state index in [4.69, 9.17) is 8.83 Å². The number of carbonyl (C=O) groups is 4. The van der Waals surface area contributed by atoms with E-state index in [1.165, 1.54) is 36.8 Å². The number of furan rings is 2. The van der Waals surface area contributed by atoms with E-state index in [2.05, 4.69) is 5.32 Å². The van der Waals surface area contributed by atoms with Gasteiger partial charge in [0.2, 0.25) is 17.5 Å². The van der Waals surface area contributed by atoms with Gasteiger partial charge in [0.15, 0.2) is 17.3 Å². The monoisotopic (exact) mass is 447 g/mol. The van der Waals surface area contributed by atoms with Gasteiger partial charge < -0.3 is 19.3 Å². The Kier molecular flexibility index (Phi) is 4.90. The maximum Gasteiger partial charge on any atom is 0.230 e. The number of ketones is 3. The summed E-state index contributed by atoms with van der Waals surface area (Å²) < 4.78 is 10.5. The molecular formula is C25H21NO7. The zero-order valence-corrected chi connectivity index (χ0v) is 17.6. The van der Waals surface area contributed by atoms with Crippen molar-refractivity contribution in [2.24, 2.45) is 11.3 Å². The van der Waals surface area contributed by atoms with E-state index in [1.54, 1.807) is 24.3 Å². The standard InChI is InChI=1S/C25H21NO7/c27-20-14-24(22(29)15-5-1-2-6-17(15)26-20)9-10-25(31,23(30)19-8-4-12-33-19)16(13-24)21(28)18-7-3-11-32-18/h1-8,11-12,16,31H,9-10,13-14H2,(H,26,27)/t16-,24+,25-/m1/s1. The molecule has 2 aliphatic rings. The summed E-state index contributed by atoms with van der Waals surface area (Å²) in [6.45, 7) is 0. The first-order valence-electron chi connectivity index (χ1n) is 10.7. The second-order valence-electron chi connectivity index (χ2n) is 8.71. The number of hydrogen-bond acceptors (Lipinski definition) is 7. The van der Waals surface area contributed by atoms with Crippen molar-refractivity contribution in [3.63, 3.8) is 0 Å². The molecule has 1 aromatic carbocycles. The van der Waals surface area contributed by atoms with E-state index in [-0.39, 0.29) is 48.9 Å². The molecule has 5 rings (SSSR count). The van der Waals surface area contributed by atoms with Gasteiger partial charge in [0.25, 0.3) is 0 Å². The molecule has 3 aromatic rings. The molecule has 0 saturated heterocycles. The van der Waals surface area contributed by atoms with Crippen LogP contribution in [0.2, 0.25) is 0 Å². The van der Waals surface area contributed by atoms with E-state index in [9.17, 15) is 24.3 Å². The van der Waals surface area contributed by atoms with Crippen molar-refractivity contribution in [2.45, 2.75) is 31.3 Å². The van der Waals surface area contributed by atoms with Crippen LogP contribution in [0.1, 0.15) is 57.2 Å². The molecule has 0 bridgehead atoms. The number of anilines is 1. The number of nitrogens with one attached hydrogen (secondary N) is 1. The molecule has 3 heterocycles. The van der Waals surface area contributed by atoms with Crippen molar-refractivity contribution in [1.29, 1.82) is 0 Å². The van der Waals surface area contributed by atoms with Gasteiger partial charge in [-0.15, -0.1) is 0 Å². The first-order chi connectivity index (χ1) is 15.8. The zero-order chi connectivity index (χ0) is 23.2. The SMILES string of the molecule is O=C1C[C@@]2(CC[C@](O)(C(=O)c3ccco3)[C@@H](C(=O)c3ccco3)C2)C(=O)c2ccccc2N1. The van der Waals surface area contributed by atoms with Gasteiger partial charge in [0.05, 0.1) is 24.1 Å². The highest BCUT2D eigenvalue weighted by Gasteiger charge is 2.59. The second-order valence-corrected chi connectivity index (χ2v) is 8.71. The lowest BCUT2D eigenvalue weighted by Gasteiger charge is -2.45. The van der Waals surface area contributed by atoms with E-state index in [0.29, 0.717) is 11.3 Å². The maximum atomic E-state index is 13.7. The van der Waals surface area contributed by atoms with Crippen molar-refractivity contribution in [3.05, 3.63) is 78.1 Å². The summed E-state index contributed by atoms with van der Waals surface area (Å²) in [5, 5.41) is 14.3. The molecule has 168 valence electrons. The van der Waals surface area contributed by atoms with Crippen LogP contribution in [0.4, 0.5) is 5.69 Å². The van der Waals surface area contributed by atoms with Crippen molar-refractivity contribution in [3.8, 4) is 0 Å². The largest absolute Gasteiger partial charge is 0.461 e. The van der Waals surface area contributed by atoms with Crippen molar-refractivity contribution >= 4 is 28.9 Å². The van der Waals surface area contributed by atoms with E-state index < -0.39 is 28.5 Å². The van der Waals surface area contributed by atoms with Crippen LogP contribution in [0.25, 0.3) is 0 Å². The van der Waals surface area contributed by atoms with Gasteiger partial charge in [-0.25, -0.2) is 0 Å². The van der Waals surface area contributed by atoms with Gasteiger partial charge in [0, 0.05) is 17.4 Å². The highest BCUT2D eigenvalue weighted by molar-refractivity contribution is 6.13. The number of Topliss-reactive ketones (excluding diaryl/α,β-unsaturated/α-hetero) is 3. The minimum absolute atomic E-state index is 0.0337. The van der Waals surface area contributed by atoms with Crippen molar-refractivity contribution in [1.82, 2.24) is 0 Å². The lowest BCUT2D eigenvalue weighted by Crippen LogP contribution is -2.56. The molecule has 1 spiro atoms. The van der Waals surface area contributed by atoms with Crippen LogP contribution in [0, 0.1) is 11.3 Å². The van der Waals surface area contributed by atoms with Crippen molar-refractivity contribution < 1.29 is 33.1 Å². The first kappa shape index (κ1) is 21.1. The molecule has 1 amide bonds. The van der Waals surface area contributed by atoms with Crippen LogP contribution in [-0.2, 0) is 4.79 Å². The second kappa shape index (κ2) is 7.67. The molecule has 0 radical (unpaired) electrons. The number of para-hydroxylation sites is 1. The Labute approximate surface area is 188 Å². The lowest BCUT2D eigenvalue weighted by atomic mass is 9.57. The van der Waals surface area contributed by atoms with Crippen LogP contribution >= 0.6 is 0 Å². The number of carbonyl (C=O) groups excluding carboxylic acids is 4. The minimum Gasteiger partial charge on any atom is -0.461 e. The smallest absolute Gasteiger partial charge is 0.230 e. The van der Waals surface area contributed by atoms with Gasteiger partial charge in [-0.1, -0.05) is 12.1 Å². The fourth-order valence-corrected chi connectivity index (χ4v) is 5.08. The molecule has 2 aromatic heterocycles. The zero-order valence-electron chi connectivity index (χ0n) is 17.6. The highest BCUT2D eigenvalue weighted by atomic mass is 16.4. The summed E-state index contributed by atoms with van der Waals surface area (Å²) in [4.78, 5) is 53.2. The molecule has 3 atom stereocenters. The summed E-state index contributed by atoms with van der Waals surface area (Å²) >= 11 is 0. The number of benzene rings is 1. The molecule has 8 nitrogen and oxygen atoms in total. The number of aliphatic hydroxyl groups is 1. The Morgan fingerprint density at radius 3 is 2.33 bits per heavy atom. The molecule has 1 fully saturated rings. The number of rotatable bonds is 4. The predicted molar refractivity (Wildman–Crippen MR) is 115 cm³/mol. The normalized spacial score (nSPS) is 27.0. The number of fused-ring (bicyclic) bond motifs is 1. The number of hydrogen-bond donors (Lipinski definition) is 2. The van der Waals surface area contributed by atoms with Gasteiger partial charge >= 0.3 is 0 Å². The summed E-state index contributed by atoms with van der Waals surface area (Å²) in [7, 11) is 0. The molecule has 0 unspecified atom stereocenters. The fraction of sp³-hybridized carbons (Fsp3) is 0.280. The van der Waals surface area contributed by atoms with Crippen LogP contribution in [0.5, 0.6) is 0 Å².